The molecule has 0 atom stereocenters. The zero-order chi connectivity index (χ0) is 17.3. The summed E-state index contributed by atoms with van der Waals surface area (Å²) in [4.78, 5) is 0. The van der Waals surface area contributed by atoms with Crippen molar-refractivity contribution in [2.24, 2.45) is 0 Å². The van der Waals surface area contributed by atoms with Gasteiger partial charge in [-0.15, -0.1) is 0 Å². The van der Waals surface area contributed by atoms with Crippen LogP contribution >= 0.6 is 8.15 Å². The quantitative estimate of drug-likeness (QED) is 0.549. The Morgan fingerprint density at radius 1 is 0.818 bits per heavy atom. The van der Waals surface area contributed by atoms with Gasteiger partial charge in [-0.1, -0.05) is 81.4 Å². The Balaban J connectivity index is 3.30. The molecule has 0 bridgehead atoms. The summed E-state index contributed by atoms with van der Waals surface area (Å²) in [5, 5.41) is 0. The van der Waals surface area contributed by atoms with Crippen LogP contribution in [0.5, 0.6) is 5.75 Å². The average molecular weight is 322 g/mol. The summed E-state index contributed by atoms with van der Waals surface area (Å²) in [5.74, 6) is 1.08. The normalized spacial score (nSPS) is 13.3. The monoisotopic (exact) mass is 322 g/mol. The molecule has 2 heteroatoms. The van der Waals surface area contributed by atoms with Crippen LogP contribution in [0.25, 0.3) is 0 Å². The van der Waals surface area contributed by atoms with Gasteiger partial charge in [0.1, 0.15) is 5.75 Å². The number of hydrogen-bond donors (Lipinski definition) is 0. The molecule has 0 aromatic heterocycles. The van der Waals surface area contributed by atoms with Crippen molar-refractivity contribution in [2.45, 2.75) is 91.4 Å². The zero-order valence-corrected chi connectivity index (χ0v) is 17.1. The van der Waals surface area contributed by atoms with Crippen molar-refractivity contribution in [3.8, 4) is 5.75 Å². The highest BCUT2D eigenvalue weighted by Crippen LogP contribution is 2.49. The summed E-state index contributed by atoms with van der Waals surface area (Å²) in [7, 11) is -0.456. The van der Waals surface area contributed by atoms with Gasteiger partial charge in [-0.2, -0.15) is 0 Å². The fourth-order valence-electron chi connectivity index (χ4n) is 2.58. The van der Waals surface area contributed by atoms with E-state index in [9.17, 15) is 0 Å². The molecule has 0 amide bonds. The molecule has 1 nitrogen and oxygen atoms in total. The minimum Gasteiger partial charge on any atom is -0.473 e. The highest BCUT2D eigenvalue weighted by Gasteiger charge is 2.26. The van der Waals surface area contributed by atoms with Crippen LogP contribution in [0.4, 0.5) is 0 Å². The Kier molecular flexibility index (Phi) is 6.13. The van der Waals surface area contributed by atoms with E-state index >= 15 is 0 Å². The lowest BCUT2D eigenvalue weighted by Gasteiger charge is -2.31. The summed E-state index contributed by atoms with van der Waals surface area (Å²) < 4.78 is 6.53. The smallest absolute Gasteiger partial charge is 0.127 e. The fourth-order valence-corrected chi connectivity index (χ4v) is 4.58. The molecule has 0 spiro atoms. The van der Waals surface area contributed by atoms with Gasteiger partial charge in [0, 0.05) is 16.9 Å². The zero-order valence-electron chi connectivity index (χ0n) is 16.2. The number of hydrogen-bond acceptors (Lipinski definition) is 1. The largest absolute Gasteiger partial charge is 0.473 e. The minimum absolute atomic E-state index is 0.0888. The fraction of sp³-hybridized carbons (Fsp3) is 0.700. The molecule has 126 valence electrons. The first kappa shape index (κ1) is 19.5. The lowest BCUT2D eigenvalue weighted by Crippen LogP contribution is -2.18. The second-order valence-electron chi connectivity index (χ2n) is 8.85. The van der Waals surface area contributed by atoms with E-state index in [1.165, 1.54) is 11.1 Å². The maximum absolute atomic E-state index is 6.53. The molecule has 0 saturated carbocycles. The number of rotatable bonds is 4. The van der Waals surface area contributed by atoms with Gasteiger partial charge in [0.15, 0.2) is 0 Å². The molecule has 0 fully saturated rings. The minimum atomic E-state index is -0.456. The predicted molar refractivity (Wildman–Crippen MR) is 102 cm³/mol. The summed E-state index contributed by atoms with van der Waals surface area (Å²) in [5.41, 5.74) is 4.11. The highest BCUT2D eigenvalue weighted by molar-refractivity contribution is 7.54. The first-order chi connectivity index (χ1) is 9.84. The predicted octanol–water partition coefficient (Wildman–Crippen LogP) is 6.87. The van der Waals surface area contributed by atoms with Crippen LogP contribution in [0.2, 0.25) is 0 Å². The van der Waals surface area contributed by atoms with Crippen molar-refractivity contribution in [1.29, 1.82) is 0 Å². The highest BCUT2D eigenvalue weighted by atomic mass is 31.1. The third-order valence-corrected chi connectivity index (χ3v) is 6.32. The van der Waals surface area contributed by atoms with Crippen molar-refractivity contribution >= 4 is 8.15 Å². The van der Waals surface area contributed by atoms with Crippen LogP contribution in [0.1, 0.15) is 80.4 Å². The van der Waals surface area contributed by atoms with Crippen LogP contribution in [-0.2, 0) is 10.8 Å². The van der Waals surface area contributed by atoms with E-state index in [0.717, 1.165) is 5.75 Å². The topological polar surface area (TPSA) is 9.23 Å². The van der Waals surface area contributed by atoms with Crippen LogP contribution in [-0.4, -0.2) is 11.3 Å². The molecule has 1 aromatic rings. The van der Waals surface area contributed by atoms with Crippen molar-refractivity contribution in [3.05, 3.63) is 29.3 Å². The second-order valence-corrected chi connectivity index (χ2v) is 11.8. The van der Waals surface area contributed by atoms with Crippen molar-refractivity contribution in [1.82, 2.24) is 0 Å². The molecule has 0 unspecified atom stereocenters. The Morgan fingerprint density at radius 2 is 1.32 bits per heavy atom. The Hall–Kier alpha value is -0.550. The summed E-state index contributed by atoms with van der Waals surface area (Å²) in [6.45, 7) is 22.7. The Labute approximate surface area is 139 Å². The first-order valence-corrected chi connectivity index (χ1v) is 9.85. The van der Waals surface area contributed by atoms with Crippen molar-refractivity contribution < 1.29 is 4.52 Å². The first-order valence-electron chi connectivity index (χ1n) is 8.45. The van der Waals surface area contributed by atoms with Crippen LogP contribution in [0.15, 0.2) is 18.2 Å². The lowest BCUT2D eigenvalue weighted by atomic mass is 9.80. The van der Waals surface area contributed by atoms with Crippen LogP contribution in [0.3, 0.4) is 0 Å². The third-order valence-electron chi connectivity index (χ3n) is 3.88. The molecular formula is C20H35OP. The van der Waals surface area contributed by atoms with Gasteiger partial charge in [0.2, 0.25) is 0 Å². The summed E-state index contributed by atoms with van der Waals surface area (Å²) >= 11 is 0. The van der Waals surface area contributed by atoms with E-state index in [1.807, 2.05) is 0 Å². The maximum atomic E-state index is 6.53. The molecule has 0 N–H and O–H groups in total. The molecule has 1 rings (SSSR count). The van der Waals surface area contributed by atoms with Gasteiger partial charge in [-0.05, 0) is 22.5 Å². The third kappa shape index (κ3) is 4.98. The van der Waals surface area contributed by atoms with E-state index in [-0.39, 0.29) is 10.8 Å². The Bertz CT molecular complexity index is 481. The average Bonchev–Trinajstić information content (AvgIpc) is 2.32. The molecule has 1 aromatic carbocycles. The van der Waals surface area contributed by atoms with E-state index in [1.54, 1.807) is 0 Å². The van der Waals surface area contributed by atoms with E-state index in [4.69, 9.17) is 4.52 Å². The van der Waals surface area contributed by atoms with Crippen LogP contribution < -0.4 is 4.52 Å². The van der Waals surface area contributed by atoms with Gasteiger partial charge in [-0.25, -0.2) is 0 Å². The lowest BCUT2D eigenvalue weighted by molar-refractivity contribution is 0.521. The number of benzene rings is 1. The summed E-state index contributed by atoms with van der Waals surface area (Å²) in [6, 6.07) is 6.78. The van der Waals surface area contributed by atoms with Crippen molar-refractivity contribution in [3.63, 3.8) is 0 Å². The molecule has 0 aliphatic carbocycles. The molecule has 0 saturated heterocycles. The molecule has 0 heterocycles. The van der Waals surface area contributed by atoms with Gasteiger partial charge >= 0.3 is 0 Å². The second kappa shape index (κ2) is 6.91. The van der Waals surface area contributed by atoms with Crippen molar-refractivity contribution in [2.75, 3.05) is 0 Å². The van der Waals surface area contributed by atoms with Crippen LogP contribution in [0, 0.1) is 0 Å². The van der Waals surface area contributed by atoms with Gasteiger partial charge in [0.25, 0.3) is 0 Å². The summed E-state index contributed by atoms with van der Waals surface area (Å²) in [6.07, 6.45) is 0. The molecule has 0 aliphatic rings. The van der Waals surface area contributed by atoms with Gasteiger partial charge in [0.05, 0.1) is 8.15 Å². The van der Waals surface area contributed by atoms with E-state index in [2.05, 4.69) is 87.4 Å². The standard InChI is InChI=1S/C20H35OP/c1-14(2)22(15(3)4)21-18-12-11-16(19(5,6)7)13-17(18)20(8,9)10/h11-15H,1-10H3. The molecule has 0 radical (unpaired) electrons. The maximum Gasteiger partial charge on any atom is 0.127 e. The molecular weight excluding hydrogens is 287 g/mol. The van der Waals surface area contributed by atoms with Gasteiger partial charge in [-0.3, -0.25) is 0 Å². The van der Waals surface area contributed by atoms with Gasteiger partial charge < -0.3 is 4.52 Å². The molecule has 0 aliphatic heterocycles. The SMILES string of the molecule is CC(C)P(Oc1ccc(C(C)(C)C)cc1C(C)(C)C)C(C)C. The van der Waals surface area contributed by atoms with E-state index in [0.29, 0.717) is 11.3 Å². The Morgan fingerprint density at radius 3 is 1.68 bits per heavy atom. The molecule has 22 heavy (non-hydrogen) atoms. The van der Waals surface area contributed by atoms with E-state index < -0.39 is 8.15 Å².